The maximum absolute atomic E-state index is 11.9. The Morgan fingerprint density at radius 2 is 2.00 bits per heavy atom. The number of aryl methyl sites for hydroxylation is 1. The number of pyridine rings is 1. The van der Waals surface area contributed by atoms with Crippen LogP contribution < -0.4 is 0 Å². The predicted octanol–water partition coefficient (Wildman–Crippen LogP) is 5.25. The van der Waals surface area contributed by atoms with Crippen molar-refractivity contribution in [3.63, 3.8) is 0 Å². The number of benzene rings is 1. The molecule has 0 radical (unpaired) electrons. The summed E-state index contributed by atoms with van der Waals surface area (Å²) < 4.78 is 1.87. The van der Waals surface area contributed by atoms with Crippen LogP contribution in [0.25, 0.3) is 16.5 Å². The molecule has 0 spiro atoms. The number of carboxylic acids is 1. The largest absolute Gasteiger partial charge is 0.477 e. The highest BCUT2D eigenvalue weighted by atomic mass is 16.4. The minimum absolute atomic E-state index is 0.287. The van der Waals surface area contributed by atoms with E-state index in [0.717, 1.165) is 38.9 Å². The van der Waals surface area contributed by atoms with Crippen molar-refractivity contribution in [2.45, 2.75) is 40.2 Å². The number of fused-ring (bicyclic) bond motifs is 1. The lowest BCUT2D eigenvalue weighted by molar-refractivity contribution is 0.0686. The van der Waals surface area contributed by atoms with E-state index in [4.69, 9.17) is 0 Å². The highest BCUT2D eigenvalue weighted by Crippen LogP contribution is 2.31. The smallest absolute Gasteiger partial charge is 0.352 e. The molecule has 1 N–H and O–H groups in total. The Bertz CT molecular complexity index is 1010. The zero-order chi connectivity index (χ0) is 19.0. The number of nitrogens with zero attached hydrogens (tertiary/aromatic N) is 2. The fraction of sp³-hybridized carbons (Fsp3) is 0.273. The molecule has 0 unspecified atom stereocenters. The summed E-state index contributed by atoms with van der Waals surface area (Å²) in [5.41, 5.74) is 6.36. The fourth-order valence-electron chi connectivity index (χ4n) is 3.38. The van der Waals surface area contributed by atoms with Crippen molar-refractivity contribution >= 4 is 22.4 Å². The van der Waals surface area contributed by atoms with Crippen molar-refractivity contribution in [1.82, 2.24) is 9.55 Å². The molecule has 0 saturated carbocycles. The molecule has 4 nitrogen and oxygen atoms in total. The molecule has 3 aromatic rings. The summed E-state index contributed by atoms with van der Waals surface area (Å²) in [6.07, 6.45) is 1.75. The average Bonchev–Trinajstić information content (AvgIpc) is 2.92. The number of allylic oxidation sites excluding steroid dienone is 1. The van der Waals surface area contributed by atoms with Gasteiger partial charge in [-0.05, 0) is 55.2 Å². The van der Waals surface area contributed by atoms with Crippen LogP contribution in [0.5, 0.6) is 0 Å². The van der Waals surface area contributed by atoms with Crippen LogP contribution >= 0.6 is 0 Å². The van der Waals surface area contributed by atoms with E-state index < -0.39 is 5.97 Å². The van der Waals surface area contributed by atoms with Gasteiger partial charge in [0, 0.05) is 11.6 Å². The van der Waals surface area contributed by atoms with E-state index in [0.29, 0.717) is 12.5 Å². The molecule has 4 heteroatoms. The molecule has 0 atom stereocenters. The van der Waals surface area contributed by atoms with Crippen LogP contribution in [0.3, 0.4) is 0 Å². The Kier molecular flexibility index (Phi) is 4.68. The van der Waals surface area contributed by atoms with Crippen LogP contribution in [0.15, 0.2) is 43.1 Å². The van der Waals surface area contributed by atoms with Gasteiger partial charge in [-0.15, -0.1) is 0 Å². The van der Waals surface area contributed by atoms with Gasteiger partial charge in [-0.3, -0.25) is 4.98 Å². The number of carboxylic acid groups (broad SMARTS) is 1. The van der Waals surface area contributed by atoms with Crippen LogP contribution in [0.4, 0.5) is 0 Å². The summed E-state index contributed by atoms with van der Waals surface area (Å²) in [6, 6.07) is 9.84. The molecule has 0 amide bonds. The molecule has 0 aliphatic rings. The van der Waals surface area contributed by atoms with Crippen molar-refractivity contribution in [1.29, 1.82) is 0 Å². The first-order valence-corrected chi connectivity index (χ1v) is 8.75. The molecule has 2 aromatic heterocycles. The van der Waals surface area contributed by atoms with E-state index in [2.05, 4.69) is 31.5 Å². The fourth-order valence-corrected chi connectivity index (χ4v) is 3.38. The zero-order valence-electron chi connectivity index (χ0n) is 15.7. The van der Waals surface area contributed by atoms with Crippen molar-refractivity contribution in [3.8, 4) is 0 Å². The van der Waals surface area contributed by atoms with Crippen molar-refractivity contribution in [2.24, 2.45) is 0 Å². The van der Waals surface area contributed by atoms with Gasteiger partial charge in [0.05, 0.1) is 17.8 Å². The molecule has 134 valence electrons. The summed E-state index contributed by atoms with van der Waals surface area (Å²) in [6.45, 7) is 12.6. The molecule has 3 rings (SSSR count). The first-order valence-electron chi connectivity index (χ1n) is 8.75. The second kappa shape index (κ2) is 6.79. The van der Waals surface area contributed by atoms with Crippen LogP contribution in [0, 0.1) is 6.92 Å². The van der Waals surface area contributed by atoms with E-state index in [1.165, 1.54) is 0 Å². The Hall–Kier alpha value is -2.88. The van der Waals surface area contributed by atoms with Gasteiger partial charge in [0.2, 0.25) is 0 Å². The number of hydrogen-bond acceptors (Lipinski definition) is 2. The Morgan fingerprint density at radius 3 is 2.62 bits per heavy atom. The van der Waals surface area contributed by atoms with Crippen LogP contribution in [0.2, 0.25) is 0 Å². The number of rotatable bonds is 5. The van der Waals surface area contributed by atoms with Crippen LogP contribution in [-0.2, 0) is 6.54 Å². The van der Waals surface area contributed by atoms with Gasteiger partial charge in [-0.1, -0.05) is 37.6 Å². The number of hydrogen-bond donors (Lipinski definition) is 1. The second-order valence-electron chi connectivity index (χ2n) is 7.18. The highest BCUT2D eigenvalue weighted by Gasteiger charge is 2.19. The maximum atomic E-state index is 11.9. The normalized spacial score (nSPS) is 11.3. The molecular formula is C22H24N2O2. The third kappa shape index (κ3) is 3.27. The molecule has 0 bridgehead atoms. The monoisotopic (exact) mass is 348 g/mol. The summed E-state index contributed by atoms with van der Waals surface area (Å²) in [5.74, 6) is -0.632. The predicted molar refractivity (Wildman–Crippen MR) is 106 cm³/mol. The van der Waals surface area contributed by atoms with Gasteiger partial charge in [-0.25, -0.2) is 4.79 Å². The molecule has 1 aromatic carbocycles. The van der Waals surface area contributed by atoms with Gasteiger partial charge in [-0.2, -0.15) is 0 Å². The summed E-state index contributed by atoms with van der Waals surface area (Å²) in [4.78, 5) is 16.3. The zero-order valence-corrected chi connectivity index (χ0v) is 15.7. The quantitative estimate of drug-likeness (QED) is 0.685. The van der Waals surface area contributed by atoms with E-state index in [9.17, 15) is 9.90 Å². The standard InChI is InChI=1S/C22H24N2O2/c1-13(2)16-6-7-23-18(10-16)12-24-20(22(25)26)11-17-8-15(5)9-19(14(3)4)21(17)24/h6-11,14H,1,12H2,2-5H3,(H,25,26). The topological polar surface area (TPSA) is 55.1 Å². The van der Waals surface area contributed by atoms with Crippen molar-refractivity contribution in [2.75, 3.05) is 0 Å². The van der Waals surface area contributed by atoms with E-state index in [1.54, 1.807) is 12.3 Å². The minimum atomic E-state index is -0.926. The van der Waals surface area contributed by atoms with Crippen LogP contribution in [0.1, 0.15) is 59.6 Å². The van der Waals surface area contributed by atoms with Gasteiger partial charge >= 0.3 is 5.97 Å². The first kappa shape index (κ1) is 17.9. The first-order chi connectivity index (χ1) is 12.3. The van der Waals surface area contributed by atoms with E-state index >= 15 is 0 Å². The number of aromatic carboxylic acids is 1. The molecule has 0 aliphatic carbocycles. The third-order valence-corrected chi connectivity index (χ3v) is 4.64. The van der Waals surface area contributed by atoms with Gasteiger partial charge < -0.3 is 9.67 Å². The maximum Gasteiger partial charge on any atom is 0.352 e. The Morgan fingerprint density at radius 1 is 1.27 bits per heavy atom. The molecule has 0 saturated heterocycles. The number of carbonyl (C=O) groups is 1. The lowest BCUT2D eigenvalue weighted by Gasteiger charge is -2.15. The van der Waals surface area contributed by atoms with Gasteiger partial charge in [0.15, 0.2) is 0 Å². The SMILES string of the molecule is C=C(C)c1ccnc(Cn2c(C(=O)O)cc3cc(C)cc(C(C)C)c32)c1. The van der Waals surface area contributed by atoms with Gasteiger partial charge in [0.1, 0.15) is 5.69 Å². The number of aromatic nitrogens is 2. The minimum Gasteiger partial charge on any atom is -0.477 e. The van der Waals surface area contributed by atoms with Crippen molar-refractivity contribution < 1.29 is 9.90 Å². The average molecular weight is 348 g/mol. The summed E-state index contributed by atoms with van der Waals surface area (Å²) in [7, 11) is 0. The molecule has 2 heterocycles. The Balaban J connectivity index is 2.23. The lowest BCUT2D eigenvalue weighted by Crippen LogP contribution is -2.11. The highest BCUT2D eigenvalue weighted by molar-refractivity contribution is 5.96. The van der Waals surface area contributed by atoms with Crippen molar-refractivity contribution in [3.05, 3.63) is 71.2 Å². The molecule has 0 aliphatic heterocycles. The molecular weight excluding hydrogens is 324 g/mol. The summed E-state index contributed by atoms with van der Waals surface area (Å²) >= 11 is 0. The Labute approximate surface area is 153 Å². The third-order valence-electron chi connectivity index (χ3n) is 4.64. The van der Waals surface area contributed by atoms with Crippen LogP contribution in [-0.4, -0.2) is 20.6 Å². The van der Waals surface area contributed by atoms with Gasteiger partial charge in [0.25, 0.3) is 0 Å². The molecule has 0 fully saturated rings. The molecule has 26 heavy (non-hydrogen) atoms. The van der Waals surface area contributed by atoms with E-state index in [1.807, 2.05) is 36.6 Å². The lowest BCUT2D eigenvalue weighted by atomic mass is 9.98. The summed E-state index contributed by atoms with van der Waals surface area (Å²) in [5, 5.41) is 10.7. The second-order valence-corrected chi connectivity index (χ2v) is 7.18. The van der Waals surface area contributed by atoms with E-state index in [-0.39, 0.29) is 5.69 Å².